The molecule has 0 aliphatic rings. The van der Waals surface area contributed by atoms with Crippen LogP contribution < -0.4 is 20.7 Å². The Hall–Kier alpha value is -3.03. The Balaban J connectivity index is 1.63. The van der Waals surface area contributed by atoms with Crippen LogP contribution in [-0.4, -0.2) is 23.4 Å². The van der Waals surface area contributed by atoms with E-state index in [1.807, 2.05) is 80.6 Å². The van der Waals surface area contributed by atoms with Crippen molar-refractivity contribution >= 4 is 52.1 Å². The quantitative estimate of drug-likeness (QED) is 0.249. The van der Waals surface area contributed by atoms with Crippen molar-refractivity contribution in [3.8, 4) is 5.75 Å². The van der Waals surface area contributed by atoms with Crippen molar-refractivity contribution in [2.75, 3.05) is 23.1 Å². The number of para-hydroxylation sites is 2. The van der Waals surface area contributed by atoms with Gasteiger partial charge in [-0.2, -0.15) is 0 Å². The second-order valence-corrected chi connectivity index (χ2v) is 9.29. The smallest absolute Gasteiger partial charge is 0.237 e. The predicted molar refractivity (Wildman–Crippen MR) is 144 cm³/mol. The number of amides is 1. The van der Waals surface area contributed by atoms with Crippen molar-refractivity contribution < 1.29 is 9.53 Å². The van der Waals surface area contributed by atoms with E-state index in [9.17, 15) is 4.79 Å². The normalized spacial score (nSPS) is 11.4. The molecule has 0 radical (unpaired) electrons. The van der Waals surface area contributed by atoms with Gasteiger partial charge in [0.25, 0.3) is 0 Å². The molecule has 0 fully saturated rings. The fourth-order valence-electron chi connectivity index (χ4n) is 3.21. The van der Waals surface area contributed by atoms with Crippen LogP contribution in [0.4, 0.5) is 17.1 Å². The van der Waals surface area contributed by atoms with E-state index in [1.165, 1.54) is 17.3 Å². The standard InChI is InChI=1S/C26H29N3O2S2/c1-5-24(25(30)27-20-14-13-17(2)18(3)15-20)33-21-10-8-9-19(16-21)28-26(32)29-22-11-6-7-12-23(22)31-4/h6-16,24H,5H2,1-4H3,(H,27,30)(H2,28,29,32). The van der Waals surface area contributed by atoms with Crippen LogP contribution >= 0.6 is 24.0 Å². The third-order valence-electron chi connectivity index (χ3n) is 5.16. The van der Waals surface area contributed by atoms with Crippen LogP contribution in [0.2, 0.25) is 0 Å². The number of benzene rings is 3. The first kappa shape index (κ1) is 24.6. The molecule has 1 atom stereocenters. The molecule has 0 heterocycles. The first-order valence-electron chi connectivity index (χ1n) is 10.8. The molecule has 1 unspecified atom stereocenters. The monoisotopic (exact) mass is 479 g/mol. The molecule has 1 amide bonds. The third-order valence-corrected chi connectivity index (χ3v) is 6.73. The van der Waals surface area contributed by atoms with Gasteiger partial charge >= 0.3 is 0 Å². The molecule has 0 bridgehead atoms. The molecule has 3 aromatic carbocycles. The highest BCUT2D eigenvalue weighted by molar-refractivity contribution is 8.00. The number of carbonyl (C=O) groups excluding carboxylic acids is 1. The van der Waals surface area contributed by atoms with Crippen LogP contribution in [0.15, 0.2) is 71.6 Å². The van der Waals surface area contributed by atoms with Gasteiger partial charge in [-0.15, -0.1) is 11.8 Å². The zero-order valence-electron chi connectivity index (χ0n) is 19.3. The molecule has 7 heteroatoms. The van der Waals surface area contributed by atoms with Gasteiger partial charge in [-0.1, -0.05) is 31.2 Å². The molecule has 33 heavy (non-hydrogen) atoms. The van der Waals surface area contributed by atoms with E-state index in [0.717, 1.165) is 27.5 Å². The molecule has 172 valence electrons. The molecule has 0 spiro atoms. The number of hydrogen-bond acceptors (Lipinski definition) is 4. The average molecular weight is 480 g/mol. The molecule has 3 aromatic rings. The fraction of sp³-hybridized carbons (Fsp3) is 0.231. The molecular formula is C26H29N3O2S2. The van der Waals surface area contributed by atoms with E-state index < -0.39 is 0 Å². The van der Waals surface area contributed by atoms with Crippen molar-refractivity contribution in [2.45, 2.75) is 37.3 Å². The summed E-state index contributed by atoms with van der Waals surface area (Å²) in [4.78, 5) is 13.9. The topological polar surface area (TPSA) is 62.4 Å². The van der Waals surface area contributed by atoms with Crippen molar-refractivity contribution in [3.63, 3.8) is 0 Å². The Kier molecular flexibility index (Phi) is 8.74. The summed E-state index contributed by atoms with van der Waals surface area (Å²) in [5, 5.41) is 9.66. The number of ether oxygens (including phenoxy) is 1. The van der Waals surface area contributed by atoms with Crippen molar-refractivity contribution in [1.82, 2.24) is 0 Å². The van der Waals surface area contributed by atoms with Gasteiger partial charge in [-0.3, -0.25) is 4.79 Å². The molecule has 0 aliphatic heterocycles. The van der Waals surface area contributed by atoms with E-state index >= 15 is 0 Å². The molecule has 0 aromatic heterocycles. The molecular weight excluding hydrogens is 450 g/mol. The van der Waals surface area contributed by atoms with Crippen LogP contribution in [0.5, 0.6) is 5.75 Å². The Morgan fingerprint density at radius 1 is 0.939 bits per heavy atom. The molecule has 3 N–H and O–H groups in total. The zero-order chi connectivity index (χ0) is 23.8. The fourth-order valence-corrected chi connectivity index (χ4v) is 4.45. The minimum absolute atomic E-state index is 0.00234. The largest absolute Gasteiger partial charge is 0.495 e. The van der Waals surface area contributed by atoms with E-state index in [0.29, 0.717) is 17.3 Å². The first-order chi connectivity index (χ1) is 15.9. The summed E-state index contributed by atoms with van der Waals surface area (Å²) >= 11 is 7.00. The van der Waals surface area contributed by atoms with Crippen molar-refractivity contribution in [2.24, 2.45) is 0 Å². The van der Waals surface area contributed by atoms with E-state index in [2.05, 4.69) is 22.9 Å². The van der Waals surface area contributed by atoms with Gasteiger partial charge in [-0.25, -0.2) is 0 Å². The molecule has 3 rings (SSSR count). The van der Waals surface area contributed by atoms with Crippen LogP contribution in [0.3, 0.4) is 0 Å². The van der Waals surface area contributed by atoms with Gasteiger partial charge in [0.15, 0.2) is 5.11 Å². The lowest BCUT2D eigenvalue weighted by Gasteiger charge is -2.17. The lowest BCUT2D eigenvalue weighted by atomic mass is 10.1. The van der Waals surface area contributed by atoms with E-state index in [-0.39, 0.29) is 11.2 Å². The first-order valence-corrected chi connectivity index (χ1v) is 12.0. The summed E-state index contributed by atoms with van der Waals surface area (Å²) in [7, 11) is 1.62. The summed E-state index contributed by atoms with van der Waals surface area (Å²) in [5.74, 6) is 0.712. The van der Waals surface area contributed by atoms with Gasteiger partial charge in [-0.05, 0) is 86.1 Å². The second-order valence-electron chi connectivity index (χ2n) is 7.61. The number of hydrogen-bond donors (Lipinski definition) is 3. The molecule has 0 aliphatic carbocycles. The van der Waals surface area contributed by atoms with Crippen LogP contribution in [0, 0.1) is 13.8 Å². The lowest BCUT2D eigenvalue weighted by molar-refractivity contribution is -0.115. The van der Waals surface area contributed by atoms with Gasteiger partial charge in [0.1, 0.15) is 5.75 Å². The number of methoxy groups -OCH3 is 1. The summed E-state index contributed by atoms with van der Waals surface area (Å²) in [6, 6.07) is 21.4. The summed E-state index contributed by atoms with van der Waals surface area (Å²) in [5.41, 5.74) is 4.82. The highest BCUT2D eigenvalue weighted by Crippen LogP contribution is 2.29. The zero-order valence-corrected chi connectivity index (χ0v) is 20.9. The van der Waals surface area contributed by atoms with Crippen LogP contribution in [0.1, 0.15) is 24.5 Å². The van der Waals surface area contributed by atoms with Crippen molar-refractivity contribution in [1.29, 1.82) is 0 Å². The maximum atomic E-state index is 12.9. The number of rotatable bonds is 8. The number of anilines is 3. The number of thiocarbonyl (C=S) groups is 1. The molecule has 0 saturated heterocycles. The van der Waals surface area contributed by atoms with E-state index in [4.69, 9.17) is 17.0 Å². The van der Waals surface area contributed by atoms with E-state index in [1.54, 1.807) is 7.11 Å². The van der Waals surface area contributed by atoms with Gasteiger partial charge in [0.05, 0.1) is 18.0 Å². The SMILES string of the molecule is CCC(Sc1cccc(NC(=S)Nc2ccccc2OC)c1)C(=O)Nc1ccc(C)c(C)c1. The summed E-state index contributed by atoms with van der Waals surface area (Å²) < 4.78 is 5.36. The Labute approximate surface area is 205 Å². The number of aryl methyl sites for hydroxylation is 2. The highest BCUT2D eigenvalue weighted by Gasteiger charge is 2.18. The number of carbonyl (C=O) groups is 1. The minimum atomic E-state index is -0.208. The maximum Gasteiger partial charge on any atom is 0.237 e. The predicted octanol–water partition coefficient (Wildman–Crippen LogP) is 6.63. The third kappa shape index (κ3) is 6.97. The molecule has 5 nitrogen and oxygen atoms in total. The number of nitrogens with one attached hydrogen (secondary N) is 3. The summed E-state index contributed by atoms with van der Waals surface area (Å²) in [6.45, 7) is 6.12. The Morgan fingerprint density at radius 2 is 1.70 bits per heavy atom. The van der Waals surface area contributed by atoms with Crippen LogP contribution in [-0.2, 0) is 4.79 Å². The average Bonchev–Trinajstić information content (AvgIpc) is 2.80. The Morgan fingerprint density at radius 3 is 2.42 bits per heavy atom. The minimum Gasteiger partial charge on any atom is -0.495 e. The lowest BCUT2D eigenvalue weighted by Crippen LogP contribution is -2.24. The second kappa shape index (κ2) is 11.7. The Bertz CT molecular complexity index is 1130. The van der Waals surface area contributed by atoms with Crippen LogP contribution in [0.25, 0.3) is 0 Å². The van der Waals surface area contributed by atoms with Crippen molar-refractivity contribution in [3.05, 3.63) is 77.9 Å². The van der Waals surface area contributed by atoms with Gasteiger partial charge < -0.3 is 20.7 Å². The highest BCUT2D eigenvalue weighted by atomic mass is 32.2. The number of thioether (sulfide) groups is 1. The van der Waals surface area contributed by atoms with Gasteiger partial charge in [0, 0.05) is 16.3 Å². The molecule has 0 saturated carbocycles. The summed E-state index contributed by atoms with van der Waals surface area (Å²) in [6.07, 6.45) is 0.715. The maximum absolute atomic E-state index is 12.9. The van der Waals surface area contributed by atoms with Gasteiger partial charge in [0.2, 0.25) is 5.91 Å².